The molecule has 0 saturated carbocycles. The highest BCUT2D eigenvalue weighted by atomic mass is 35.5. The van der Waals surface area contributed by atoms with Crippen molar-refractivity contribution in [3.63, 3.8) is 0 Å². The molecule has 5 N–H and O–H groups in total. The Morgan fingerprint density at radius 2 is 1.26 bits per heavy atom. The van der Waals surface area contributed by atoms with Crippen LogP contribution in [0.25, 0.3) is 10.8 Å². The molecule has 27 heteroatoms. The highest BCUT2D eigenvalue weighted by Crippen LogP contribution is 2.46. The van der Waals surface area contributed by atoms with Crippen molar-refractivity contribution in [2.45, 2.75) is 26.4 Å². The summed E-state index contributed by atoms with van der Waals surface area (Å²) in [5.74, 6) is -2.06. The Hall–Kier alpha value is -5.53. The number of nitrogens with zero attached hydrogens (tertiary/aromatic N) is 6. The first-order valence-corrected chi connectivity index (χ1v) is 23.4. The van der Waals surface area contributed by atoms with Crippen molar-refractivity contribution in [1.82, 2.24) is 9.97 Å². The standard InChI is InChI=1S/C32H21Cl4N9O7S4.C3H7NO2/c33-27(34)29(46)39-22-3-1-2-21-25(22)23(42-40-17-4-8-19(9-5-17)55(48,49)44-31-37-12-14-53-31)16-24(26(21)52-30(47)28(35)36)43-41-18-6-10-20(11-7-18)56(50,51)45-32-38-13-15-54-32;1-2-6-3(4)5/h1-16,27-28H,(H,37,44)(H,38,45)(H,39,46);2H2,1H3,(H2,4,5). The number of fused-ring (bicyclic) bond motifs is 1. The number of azo groups is 2. The van der Waals surface area contributed by atoms with E-state index >= 15 is 0 Å². The van der Waals surface area contributed by atoms with Gasteiger partial charge in [-0.1, -0.05) is 58.5 Å². The SMILES string of the molecule is CCOC(N)=O.O=C(Nc1cccc2c(OC(=O)C(Cl)Cl)c(N=Nc3ccc(S(=O)(=O)Nc4nccs4)cc3)cc(N=Nc3ccc(S(=O)(=O)Nc4nccs4)cc3)c12)C(Cl)Cl. The summed E-state index contributed by atoms with van der Waals surface area (Å²) in [6, 6.07) is 16.7. The Morgan fingerprint density at radius 1 is 0.742 bits per heavy atom. The van der Waals surface area contributed by atoms with E-state index in [2.05, 4.69) is 55.7 Å². The number of rotatable bonds is 15. The van der Waals surface area contributed by atoms with Gasteiger partial charge in [0.2, 0.25) is 4.84 Å². The largest absolute Gasteiger partial charge is 0.450 e. The summed E-state index contributed by atoms with van der Waals surface area (Å²) < 4.78 is 65.8. The van der Waals surface area contributed by atoms with Gasteiger partial charge < -0.3 is 20.5 Å². The molecule has 0 saturated heterocycles. The molecule has 19 nitrogen and oxygen atoms in total. The van der Waals surface area contributed by atoms with Crippen LogP contribution in [0, 0.1) is 0 Å². The molecule has 0 aliphatic heterocycles. The maximum absolute atomic E-state index is 12.8. The Labute approximate surface area is 380 Å². The van der Waals surface area contributed by atoms with Gasteiger partial charge in [0.15, 0.2) is 20.8 Å². The summed E-state index contributed by atoms with van der Waals surface area (Å²) in [7, 11) is -7.91. The van der Waals surface area contributed by atoms with Gasteiger partial charge in [-0.3, -0.25) is 14.2 Å². The number of nitrogens with one attached hydrogen (secondary N) is 3. The van der Waals surface area contributed by atoms with E-state index in [1.165, 1.54) is 85.2 Å². The van der Waals surface area contributed by atoms with Crippen LogP contribution in [0.3, 0.4) is 0 Å². The first-order chi connectivity index (χ1) is 29.5. The third-order valence-electron chi connectivity index (χ3n) is 7.34. The Bertz CT molecular complexity index is 2820. The molecule has 6 aromatic rings. The second-order valence-corrected chi connectivity index (χ2v) is 18.9. The van der Waals surface area contributed by atoms with E-state index in [1.807, 2.05) is 0 Å². The summed E-state index contributed by atoms with van der Waals surface area (Å²) in [6.07, 6.45) is 2.21. The third-order valence-corrected chi connectivity index (χ3v) is 12.4. The smallest absolute Gasteiger partial charge is 0.404 e. The lowest BCUT2D eigenvalue weighted by atomic mass is 10.0. The van der Waals surface area contributed by atoms with Gasteiger partial charge in [-0.15, -0.1) is 32.9 Å². The second-order valence-electron chi connectivity index (χ2n) is 11.5. The molecule has 0 radical (unpaired) electrons. The number of benzene rings is 4. The predicted molar refractivity (Wildman–Crippen MR) is 237 cm³/mol. The molecule has 0 bridgehead atoms. The Kier molecular flexibility index (Phi) is 16.5. The number of nitrogens with two attached hydrogens (primary N) is 1. The minimum absolute atomic E-state index is 0.0514. The molecule has 2 amide bonds. The number of ether oxygens (including phenoxy) is 2. The van der Waals surface area contributed by atoms with E-state index in [1.54, 1.807) is 17.7 Å². The third kappa shape index (κ3) is 13.0. The Balaban J connectivity index is 0.00000113. The van der Waals surface area contributed by atoms with Gasteiger partial charge in [0.25, 0.3) is 26.0 Å². The summed E-state index contributed by atoms with van der Waals surface area (Å²) in [6.45, 7) is 2.06. The molecule has 0 aliphatic rings. The number of aromatic nitrogens is 2. The van der Waals surface area contributed by atoms with Crippen molar-refractivity contribution in [2.75, 3.05) is 21.4 Å². The number of carbonyl (C=O) groups excluding carboxylic acids is 3. The topological polar surface area (TPSA) is 275 Å². The first kappa shape index (κ1) is 47.5. The van der Waals surface area contributed by atoms with Gasteiger partial charge in [0, 0.05) is 33.9 Å². The van der Waals surface area contributed by atoms with E-state index in [9.17, 15) is 31.2 Å². The monoisotopic (exact) mass is 1000 g/mol. The number of esters is 1. The molecule has 0 unspecified atom stereocenters. The van der Waals surface area contributed by atoms with Crippen LogP contribution >= 0.6 is 69.1 Å². The van der Waals surface area contributed by atoms with Crippen LogP contribution < -0.4 is 25.2 Å². The van der Waals surface area contributed by atoms with Gasteiger partial charge in [0.1, 0.15) is 5.69 Å². The van der Waals surface area contributed by atoms with E-state index in [0.29, 0.717) is 6.61 Å². The zero-order valence-corrected chi connectivity index (χ0v) is 37.5. The molecule has 0 fully saturated rings. The van der Waals surface area contributed by atoms with Crippen molar-refractivity contribution in [3.05, 3.63) is 96.0 Å². The quantitative estimate of drug-likeness (QED) is 0.0325. The summed E-state index contributed by atoms with van der Waals surface area (Å²) in [4.78, 5) is 39.6. The number of hydrogen-bond acceptors (Lipinski definition) is 17. The zero-order valence-electron chi connectivity index (χ0n) is 31.2. The van der Waals surface area contributed by atoms with Crippen molar-refractivity contribution >= 4 is 157 Å². The molecule has 2 heterocycles. The average molecular weight is 1000 g/mol. The van der Waals surface area contributed by atoms with E-state index in [-0.39, 0.29) is 65.0 Å². The minimum atomic E-state index is -3.95. The number of alkyl halides is 4. The molecule has 6 rings (SSSR count). The second kappa shape index (κ2) is 21.5. The van der Waals surface area contributed by atoms with Crippen molar-refractivity contribution in [3.8, 4) is 5.75 Å². The van der Waals surface area contributed by atoms with Gasteiger partial charge in [0.05, 0.1) is 39.1 Å². The zero-order chi connectivity index (χ0) is 45.0. The lowest BCUT2D eigenvalue weighted by molar-refractivity contribution is -0.132. The number of amides is 2. The fourth-order valence-electron chi connectivity index (χ4n) is 4.76. The summed E-state index contributed by atoms with van der Waals surface area (Å²) >= 11 is 25.5. The summed E-state index contributed by atoms with van der Waals surface area (Å²) in [5, 5.41) is 23.7. The first-order valence-electron chi connectivity index (χ1n) is 17.0. The molecule has 4 aromatic carbocycles. The van der Waals surface area contributed by atoms with Crippen LogP contribution in [0.15, 0.2) is 126 Å². The molecule has 0 aliphatic carbocycles. The number of thiazole rings is 2. The molecule has 0 atom stereocenters. The lowest BCUT2D eigenvalue weighted by Crippen LogP contribution is -2.19. The Morgan fingerprint density at radius 3 is 1.68 bits per heavy atom. The number of primary amides is 1. The number of hydrogen-bond donors (Lipinski definition) is 4. The van der Waals surface area contributed by atoms with Crippen LogP contribution in [-0.4, -0.2) is 61.1 Å². The summed E-state index contributed by atoms with van der Waals surface area (Å²) in [5.41, 5.74) is 5.04. The normalized spacial score (nSPS) is 11.7. The van der Waals surface area contributed by atoms with Crippen molar-refractivity contribution < 1.29 is 40.7 Å². The fraction of sp³-hybridized carbons (Fsp3) is 0.114. The van der Waals surface area contributed by atoms with Gasteiger partial charge in [-0.05, 0) is 67.6 Å². The number of halogens is 4. The number of sulfonamides is 2. The minimum Gasteiger partial charge on any atom is -0.450 e. The maximum Gasteiger partial charge on any atom is 0.404 e. The molecule has 62 heavy (non-hydrogen) atoms. The van der Waals surface area contributed by atoms with Crippen molar-refractivity contribution in [1.29, 1.82) is 0 Å². The van der Waals surface area contributed by atoms with Gasteiger partial charge >= 0.3 is 12.1 Å². The van der Waals surface area contributed by atoms with Crippen LogP contribution in [0.2, 0.25) is 0 Å². The highest BCUT2D eigenvalue weighted by molar-refractivity contribution is 7.93. The number of anilines is 3. The molecule has 2 aromatic heterocycles. The van der Waals surface area contributed by atoms with Crippen LogP contribution in [0.4, 0.5) is 43.5 Å². The highest BCUT2D eigenvalue weighted by Gasteiger charge is 2.24. The molecule has 324 valence electrons. The van der Waals surface area contributed by atoms with Crippen molar-refractivity contribution in [2.24, 2.45) is 26.2 Å². The van der Waals surface area contributed by atoms with Gasteiger partial charge in [-0.2, -0.15) is 10.2 Å². The van der Waals surface area contributed by atoms with Gasteiger partial charge in [-0.25, -0.2) is 36.4 Å². The van der Waals surface area contributed by atoms with E-state index in [4.69, 9.17) is 51.1 Å². The fourth-order valence-corrected chi connectivity index (χ4v) is 8.54. The van der Waals surface area contributed by atoms with E-state index in [0.717, 1.165) is 22.7 Å². The maximum atomic E-state index is 12.8. The lowest BCUT2D eigenvalue weighted by Gasteiger charge is -2.16. The molecule has 0 spiro atoms. The predicted octanol–water partition coefficient (Wildman–Crippen LogP) is 9.74. The number of carbonyl (C=O) groups is 3. The van der Waals surface area contributed by atoms with E-state index < -0.39 is 47.7 Å². The average Bonchev–Trinajstić information content (AvgIpc) is 3.94. The molecular formula is C35H28Cl4N10O9S4. The van der Waals surface area contributed by atoms with Crippen LogP contribution in [-0.2, 0) is 34.4 Å². The van der Waals surface area contributed by atoms with Crippen LogP contribution in [0.1, 0.15) is 6.92 Å². The van der Waals surface area contributed by atoms with Crippen LogP contribution in [0.5, 0.6) is 5.75 Å². The molecular weight excluding hydrogens is 975 g/mol.